The van der Waals surface area contributed by atoms with E-state index in [-0.39, 0.29) is 6.04 Å². The molecule has 0 aromatic heterocycles. The maximum atomic E-state index is 12.1. The zero-order valence-corrected chi connectivity index (χ0v) is 18.0. The molecule has 0 heterocycles. The number of sulfone groups is 1. The van der Waals surface area contributed by atoms with Crippen LogP contribution in [0.25, 0.3) is 0 Å². The van der Waals surface area contributed by atoms with Crippen LogP contribution in [0.5, 0.6) is 0 Å². The summed E-state index contributed by atoms with van der Waals surface area (Å²) in [5, 5.41) is 0. The average molecular weight is 412 g/mol. The molecule has 0 amide bonds. The molecule has 0 aliphatic heterocycles. The van der Waals surface area contributed by atoms with Crippen molar-refractivity contribution in [2.75, 3.05) is 11.5 Å². The van der Waals surface area contributed by atoms with Crippen molar-refractivity contribution in [2.24, 2.45) is 11.7 Å². The maximum Gasteiger partial charge on any atom is 0.150 e. The predicted molar refractivity (Wildman–Crippen MR) is 120 cm³/mol. The topological polar surface area (TPSA) is 60.2 Å². The smallest absolute Gasteiger partial charge is 0.150 e. The Balaban J connectivity index is 1.38. The van der Waals surface area contributed by atoms with Gasteiger partial charge in [0.15, 0.2) is 9.84 Å². The molecule has 2 unspecified atom stereocenters. The third-order valence-corrected chi connectivity index (χ3v) is 8.42. The van der Waals surface area contributed by atoms with Crippen LogP contribution in [0.15, 0.2) is 48.5 Å². The molecule has 0 radical (unpaired) electrons. The summed E-state index contributed by atoms with van der Waals surface area (Å²) >= 11 is 0. The monoisotopic (exact) mass is 411 g/mol. The Morgan fingerprint density at radius 1 is 0.931 bits per heavy atom. The fourth-order valence-electron chi connectivity index (χ4n) is 4.63. The molecule has 4 heteroatoms. The number of hydrogen-bond donors (Lipinski definition) is 1. The van der Waals surface area contributed by atoms with Crippen molar-refractivity contribution in [2.45, 2.75) is 63.3 Å². The normalized spacial score (nSPS) is 21.7. The molecule has 0 saturated heterocycles. The van der Waals surface area contributed by atoms with E-state index in [0.717, 1.165) is 51.4 Å². The van der Waals surface area contributed by atoms with Gasteiger partial charge in [0.2, 0.25) is 0 Å². The van der Waals surface area contributed by atoms with E-state index in [4.69, 9.17) is 5.73 Å². The number of fused-ring (bicyclic) bond motifs is 1. The van der Waals surface area contributed by atoms with Gasteiger partial charge in [0.05, 0.1) is 11.5 Å². The molecule has 2 aliphatic carbocycles. The lowest BCUT2D eigenvalue weighted by molar-refractivity contribution is 0.467. The SMILES string of the molecule is NC1CCc2ccc(CCCCS(=O)(=O)CC3CC3)cc2C1Cc1ccccc1. The van der Waals surface area contributed by atoms with E-state index in [9.17, 15) is 8.42 Å². The maximum absolute atomic E-state index is 12.1. The first-order valence-electron chi connectivity index (χ1n) is 11.1. The van der Waals surface area contributed by atoms with Crippen LogP contribution in [-0.4, -0.2) is 26.0 Å². The molecule has 1 saturated carbocycles. The summed E-state index contributed by atoms with van der Waals surface area (Å²) in [5.74, 6) is 1.56. The van der Waals surface area contributed by atoms with Crippen molar-refractivity contribution < 1.29 is 8.42 Å². The largest absolute Gasteiger partial charge is 0.327 e. The van der Waals surface area contributed by atoms with Gasteiger partial charge >= 0.3 is 0 Å². The number of rotatable bonds is 9. The first-order valence-corrected chi connectivity index (χ1v) is 12.9. The summed E-state index contributed by atoms with van der Waals surface area (Å²) in [6.45, 7) is 0. The van der Waals surface area contributed by atoms with Crippen LogP contribution in [0.1, 0.15) is 60.3 Å². The molecule has 3 nitrogen and oxygen atoms in total. The molecular weight excluding hydrogens is 378 g/mol. The average Bonchev–Trinajstić information content (AvgIpc) is 3.51. The van der Waals surface area contributed by atoms with Crippen LogP contribution in [0, 0.1) is 5.92 Å². The van der Waals surface area contributed by atoms with Gasteiger partial charge in [-0.15, -0.1) is 0 Å². The number of hydrogen-bond acceptors (Lipinski definition) is 3. The molecule has 29 heavy (non-hydrogen) atoms. The van der Waals surface area contributed by atoms with Crippen molar-refractivity contribution in [3.05, 3.63) is 70.8 Å². The van der Waals surface area contributed by atoms with Gasteiger partial charge in [-0.05, 0) is 79.5 Å². The summed E-state index contributed by atoms with van der Waals surface area (Å²) in [6, 6.07) is 17.7. The van der Waals surface area contributed by atoms with Crippen LogP contribution in [0.4, 0.5) is 0 Å². The highest BCUT2D eigenvalue weighted by atomic mass is 32.2. The second-order valence-electron chi connectivity index (χ2n) is 9.05. The van der Waals surface area contributed by atoms with Gasteiger partial charge in [-0.2, -0.15) is 0 Å². The van der Waals surface area contributed by atoms with E-state index in [0.29, 0.717) is 23.3 Å². The minimum atomic E-state index is -2.85. The van der Waals surface area contributed by atoms with E-state index in [1.165, 1.54) is 22.3 Å². The molecule has 4 rings (SSSR count). The van der Waals surface area contributed by atoms with Crippen LogP contribution >= 0.6 is 0 Å². The lowest BCUT2D eigenvalue weighted by Crippen LogP contribution is -2.34. The first-order chi connectivity index (χ1) is 14.0. The Labute approximate surface area is 175 Å². The highest BCUT2D eigenvalue weighted by molar-refractivity contribution is 7.91. The summed E-state index contributed by atoms with van der Waals surface area (Å²) in [4.78, 5) is 0. The highest BCUT2D eigenvalue weighted by Crippen LogP contribution is 2.34. The van der Waals surface area contributed by atoms with Crippen molar-refractivity contribution in [3.63, 3.8) is 0 Å². The van der Waals surface area contributed by atoms with Crippen molar-refractivity contribution in [1.82, 2.24) is 0 Å². The number of unbranched alkanes of at least 4 members (excludes halogenated alkanes) is 1. The second kappa shape index (κ2) is 9.01. The first kappa shape index (κ1) is 20.6. The van der Waals surface area contributed by atoms with Gasteiger partial charge in [-0.3, -0.25) is 0 Å². The highest BCUT2D eigenvalue weighted by Gasteiger charge is 2.28. The van der Waals surface area contributed by atoms with Crippen molar-refractivity contribution in [3.8, 4) is 0 Å². The molecule has 0 bridgehead atoms. The summed E-state index contributed by atoms with van der Waals surface area (Å²) in [5.41, 5.74) is 12.0. The van der Waals surface area contributed by atoms with E-state index in [1.54, 1.807) is 0 Å². The predicted octanol–water partition coefficient (Wildman–Crippen LogP) is 4.43. The zero-order valence-electron chi connectivity index (χ0n) is 17.2. The third kappa shape index (κ3) is 5.70. The van der Waals surface area contributed by atoms with E-state index >= 15 is 0 Å². The zero-order chi connectivity index (χ0) is 20.3. The number of aryl methyl sites for hydroxylation is 2. The minimum absolute atomic E-state index is 0.200. The van der Waals surface area contributed by atoms with Crippen LogP contribution in [0.3, 0.4) is 0 Å². The van der Waals surface area contributed by atoms with E-state index in [2.05, 4.69) is 48.5 Å². The molecule has 156 valence electrons. The minimum Gasteiger partial charge on any atom is -0.327 e. The van der Waals surface area contributed by atoms with E-state index in [1.807, 2.05) is 0 Å². The van der Waals surface area contributed by atoms with Gasteiger partial charge in [0.25, 0.3) is 0 Å². The fourth-order valence-corrected chi connectivity index (χ4v) is 6.50. The Hall–Kier alpha value is -1.65. The molecule has 2 N–H and O–H groups in total. The fraction of sp³-hybridized carbons (Fsp3) is 0.520. The molecule has 1 fully saturated rings. The van der Waals surface area contributed by atoms with Gasteiger partial charge in [0, 0.05) is 12.0 Å². The Morgan fingerprint density at radius 2 is 1.72 bits per heavy atom. The Bertz CT molecular complexity index is 919. The van der Waals surface area contributed by atoms with Crippen LogP contribution in [0.2, 0.25) is 0 Å². The lowest BCUT2D eigenvalue weighted by atomic mass is 9.76. The Morgan fingerprint density at radius 3 is 2.48 bits per heavy atom. The van der Waals surface area contributed by atoms with E-state index < -0.39 is 9.84 Å². The quantitative estimate of drug-likeness (QED) is 0.621. The van der Waals surface area contributed by atoms with Gasteiger partial charge in [-0.1, -0.05) is 48.5 Å². The molecule has 2 aromatic carbocycles. The standard InChI is InChI=1S/C25H33NO2S/c26-25-14-13-22-12-11-20(8-4-5-15-29(27,28)18-21-9-10-21)16-23(22)24(25)17-19-6-2-1-3-7-19/h1-3,6-7,11-12,16,21,24-25H,4-5,8-10,13-15,17-18,26H2. The van der Waals surface area contributed by atoms with Crippen molar-refractivity contribution >= 4 is 9.84 Å². The number of nitrogens with two attached hydrogens (primary N) is 1. The molecule has 2 atom stereocenters. The van der Waals surface area contributed by atoms with Crippen LogP contribution < -0.4 is 5.73 Å². The summed E-state index contributed by atoms with van der Waals surface area (Å²) < 4.78 is 24.2. The summed E-state index contributed by atoms with van der Waals surface area (Å²) in [6.07, 6.45) is 7.92. The van der Waals surface area contributed by atoms with Gasteiger partial charge in [-0.25, -0.2) is 8.42 Å². The number of benzene rings is 2. The molecule has 2 aromatic rings. The third-order valence-electron chi connectivity index (χ3n) is 6.53. The molecule has 2 aliphatic rings. The molecular formula is C25H33NO2S. The van der Waals surface area contributed by atoms with Crippen LogP contribution in [-0.2, 0) is 29.1 Å². The van der Waals surface area contributed by atoms with Gasteiger partial charge < -0.3 is 5.73 Å². The second-order valence-corrected chi connectivity index (χ2v) is 11.3. The Kier molecular flexibility index (Phi) is 6.41. The van der Waals surface area contributed by atoms with Crippen molar-refractivity contribution in [1.29, 1.82) is 0 Å². The summed E-state index contributed by atoms with van der Waals surface area (Å²) in [7, 11) is -2.85. The molecule has 0 spiro atoms. The van der Waals surface area contributed by atoms with Gasteiger partial charge in [0.1, 0.15) is 0 Å². The lowest BCUT2D eigenvalue weighted by Gasteiger charge is -2.32.